The molecular formula is C22H28N4O. The van der Waals surface area contributed by atoms with Crippen LogP contribution in [-0.4, -0.2) is 17.7 Å². The summed E-state index contributed by atoms with van der Waals surface area (Å²) in [5.41, 5.74) is 11.6. The Bertz CT molecular complexity index is 953. The van der Waals surface area contributed by atoms with Crippen LogP contribution in [0.25, 0.3) is 11.4 Å². The zero-order valence-corrected chi connectivity index (χ0v) is 16.3. The van der Waals surface area contributed by atoms with Crippen molar-refractivity contribution < 1.29 is 0 Å². The van der Waals surface area contributed by atoms with Crippen LogP contribution in [0, 0.1) is 6.92 Å². The molecular weight excluding hydrogens is 336 g/mol. The molecule has 1 saturated carbocycles. The van der Waals surface area contributed by atoms with Gasteiger partial charge in [0.25, 0.3) is 5.56 Å². The van der Waals surface area contributed by atoms with E-state index in [1.807, 2.05) is 44.3 Å². The van der Waals surface area contributed by atoms with E-state index in [0.717, 1.165) is 40.9 Å². The predicted molar refractivity (Wildman–Crippen MR) is 113 cm³/mol. The summed E-state index contributed by atoms with van der Waals surface area (Å²) in [4.78, 5) is 13.2. The van der Waals surface area contributed by atoms with Crippen LogP contribution in [0.5, 0.6) is 0 Å². The van der Waals surface area contributed by atoms with E-state index in [0.29, 0.717) is 17.3 Å². The van der Waals surface area contributed by atoms with Crippen molar-refractivity contribution in [2.24, 2.45) is 0 Å². The molecule has 2 aromatic rings. The van der Waals surface area contributed by atoms with Gasteiger partial charge in [0.2, 0.25) is 0 Å². The molecule has 1 atom stereocenters. The quantitative estimate of drug-likeness (QED) is 0.660. The van der Waals surface area contributed by atoms with Crippen molar-refractivity contribution in [3.05, 3.63) is 76.2 Å². The standard InChI is InChI=1S/C22H28N4O/c1-13-19(7-6-8-21(13)23)16(4)26-12-17(14(2)25-18-9-10-18)11-20(22(26)27)15(3)24-5/h6-8,11-12,16,18,24-25H,2-3,9-10,23H2,1,4-5H3. The molecule has 5 nitrogen and oxygen atoms in total. The van der Waals surface area contributed by atoms with Crippen LogP contribution in [0.4, 0.5) is 5.69 Å². The molecule has 5 heteroatoms. The molecule has 1 aliphatic rings. The lowest BCUT2D eigenvalue weighted by atomic mass is 10.00. The zero-order valence-electron chi connectivity index (χ0n) is 16.3. The largest absolute Gasteiger partial charge is 0.399 e. The van der Waals surface area contributed by atoms with Crippen LogP contribution < -0.4 is 21.9 Å². The molecule has 1 fully saturated rings. The summed E-state index contributed by atoms with van der Waals surface area (Å²) in [6, 6.07) is 7.98. The molecule has 1 aromatic carbocycles. The molecule has 0 aliphatic heterocycles. The summed E-state index contributed by atoms with van der Waals surface area (Å²) in [5, 5.41) is 6.41. The van der Waals surface area contributed by atoms with Crippen molar-refractivity contribution in [1.82, 2.24) is 15.2 Å². The molecule has 0 bridgehead atoms. The van der Waals surface area contributed by atoms with Crippen molar-refractivity contribution in [1.29, 1.82) is 0 Å². The van der Waals surface area contributed by atoms with Crippen molar-refractivity contribution in [2.45, 2.75) is 38.8 Å². The fourth-order valence-electron chi connectivity index (χ4n) is 3.24. The highest BCUT2D eigenvalue weighted by atomic mass is 16.1. The number of nitrogens with two attached hydrogens (primary N) is 1. The summed E-state index contributed by atoms with van der Waals surface area (Å²) in [6.07, 6.45) is 4.20. The highest BCUT2D eigenvalue weighted by molar-refractivity contribution is 5.68. The van der Waals surface area contributed by atoms with Gasteiger partial charge >= 0.3 is 0 Å². The van der Waals surface area contributed by atoms with E-state index in [1.54, 1.807) is 11.6 Å². The van der Waals surface area contributed by atoms with Crippen molar-refractivity contribution in [2.75, 3.05) is 12.8 Å². The third-order valence-electron chi connectivity index (χ3n) is 5.26. The van der Waals surface area contributed by atoms with Gasteiger partial charge in [0.1, 0.15) is 0 Å². The molecule has 4 N–H and O–H groups in total. The van der Waals surface area contributed by atoms with E-state index in [9.17, 15) is 4.79 Å². The SMILES string of the molecule is C=C(NC1CC1)c1cc(C(=C)NC)c(=O)n(C(C)c2cccc(N)c2C)c1. The van der Waals surface area contributed by atoms with Gasteiger partial charge in [-0.15, -0.1) is 0 Å². The summed E-state index contributed by atoms with van der Waals surface area (Å²) in [5.74, 6) is 0. The number of benzene rings is 1. The minimum absolute atomic E-state index is 0.0911. The maximum atomic E-state index is 13.2. The van der Waals surface area contributed by atoms with Gasteiger partial charge in [-0.2, -0.15) is 0 Å². The summed E-state index contributed by atoms with van der Waals surface area (Å²) in [6.45, 7) is 12.2. The summed E-state index contributed by atoms with van der Waals surface area (Å²) >= 11 is 0. The molecule has 0 saturated heterocycles. The Hall–Kier alpha value is -2.95. The molecule has 0 amide bonds. The summed E-state index contributed by atoms with van der Waals surface area (Å²) < 4.78 is 1.74. The molecule has 0 radical (unpaired) electrons. The number of nitrogen functional groups attached to an aromatic ring is 1. The van der Waals surface area contributed by atoms with Gasteiger partial charge in [0.05, 0.1) is 11.6 Å². The minimum Gasteiger partial charge on any atom is -0.399 e. The molecule has 1 aliphatic carbocycles. The van der Waals surface area contributed by atoms with Crippen LogP contribution in [0.2, 0.25) is 0 Å². The third kappa shape index (κ3) is 3.77. The third-order valence-corrected chi connectivity index (χ3v) is 5.26. The monoisotopic (exact) mass is 364 g/mol. The van der Waals surface area contributed by atoms with Gasteiger partial charge in [-0.1, -0.05) is 25.3 Å². The number of nitrogens with one attached hydrogen (secondary N) is 2. The second-order valence-electron chi connectivity index (χ2n) is 7.22. The Kier molecular flexibility index (Phi) is 5.13. The van der Waals surface area contributed by atoms with Crippen LogP contribution in [0.1, 0.15) is 48.1 Å². The fraction of sp³-hybridized carbons (Fsp3) is 0.318. The highest BCUT2D eigenvalue weighted by Gasteiger charge is 2.23. The first-order valence-corrected chi connectivity index (χ1v) is 9.27. The van der Waals surface area contributed by atoms with E-state index >= 15 is 0 Å². The molecule has 27 heavy (non-hydrogen) atoms. The fourth-order valence-corrected chi connectivity index (χ4v) is 3.24. The van der Waals surface area contributed by atoms with Crippen LogP contribution in [0.3, 0.4) is 0 Å². The van der Waals surface area contributed by atoms with Crippen LogP contribution in [0.15, 0.2) is 48.4 Å². The van der Waals surface area contributed by atoms with Crippen molar-refractivity contribution in [3.8, 4) is 0 Å². The topological polar surface area (TPSA) is 72.1 Å². The molecule has 0 spiro atoms. The number of anilines is 1. The zero-order chi connectivity index (χ0) is 19.7. The van der Waals surface area contributed by atoms with E-state index in [2.05, 4.69) is 23.8 Å². The second-order valence-corrected chi connectivity index (χ2v) is 7.22. The van der Waals surface area contributed by atoms with Gasteiger partial charge < -0.3 is 20.9 Å². The number of rotatable bonds is 7. The molecule has 1 unspecified atom stereocenters. The van der Waals surface area contributed by atoms with Gasteiger partial charge in [0, 0.05) is 41.9 Å². The van der Waals surface area contributed by atoms with Gasteiger partial charge in [-0.05, 0) is 49.9 Å². The Morgan fingerprint density at radius 3 is 2.63 bits per heavy atom. The maximum absolute atomic E-state index is 13.2. The maximum Gasteiger partial charge on any atom is 0.260 e. The average molecular weight is 364 g/mol. The Morgan fingerprint density at radius 1 is 1.30 bits per heavy atom. The normalized spacial score (nSPS) is 14.5. The van der Waals surface area contributed by atoms with Crippen LogP contribution in [-0.2, 0) is 0 Å². The smallest absolute Gasteiger partial charge is 0.260 e. The first-order chi connectivity index (χ1) is 12.8. The van der Waals surface area contributed by atoms with Crippen molar-refractivity contribution >= 4 is 17.1 Å². The first kappa shape index (κ1) is 18.8. The minimum atomic E-state index is -0.168. The number of aromatic nitrogens is 1. The lowest BCUT2D eigenvalue weighted by Gasteiger charge is -2.22. The predicted octanol–water partition coefficient (Wildman–Crippen LogP) is 3.26. The Labute approximate surface area is 160 Å². The molecule has 1 heterocycles. The first-order valence-electron chi connectivity index (χ1n) is 9.27. The molecule has 142 valence electrons. The average Bonchev–Trinajstić information content (AvgIpc) is 3.47. The van der Waals surface area contributed by atoms with E-state index in [4.69, 9.17) is 5.73 Å². The van der Waals surface area contributed by atoms with E-state index < -0.39 is 0 Å². The van der Waals surface area contributed by atoms with Gasteiger partial charge in [-0.3, -0.25) is 4.79 Å². The molecule has 3 rings (SSSR count). The number of hydrogen-bond acceptors (Lipinski definition) is 4. The Morgan fingerprint density at radius 2 is 2.00 bits per heavy atom. The van der Waals surface area contributed by atoms with E-state index in [1.165, 1.54) is 0 Å². The number of hydrogen-bond donors (Lipinski definition) is 3. The van der Waals surface area contributed by atoms with Gasteiger partial charge in [-0.25, -0.2) is 0 Å². The van der Waals surface area contributed by atoms with E-state index in [-0.39, 0.29) is 11.6 Å². The van der Waals surface area contributed by atoms with Crippen molar-refractivity contribution in [3.63, 3.8) is 0 Å². The molecule has 1 aromatic heterocycles. The summed E-state index contributed by atoms with van der Waals surface area (Å²) in [7, 11) is 1.77. The Balaban J connectivity index is 2.12. The number of nitrogens with zero attached hydrogens (tertiary/aromatic N) is 1. The van der Waals surface area contributed by atoms with Gasteiger partial charge in [0.15, 0.2) is 0 Å². The number of pyridine rings is 1. The second kappa shape index (κ2) is 7.35. The van der Waals surface area contributed by atoms with Crippen LogP contribution >= 0.6 is 0 Å². The lowest BCUT2D eigenvalue weighted by molar-refractivity contribution is 0.608. The lowest BCUT2D eigenvalue weighted by Crippen LogP contribution is -2.29. The highest BCUT2D eigenvalue weighted by Crippen LogP contribution is 2.27.